The molecule has 0 unspecified atom stereocenters. The molecular weight excluding hydrogens is 344 g/mol. The van der Waals surface area contributed by atoms with E-state index in [0.717, 1.165) is 24.1 Å². The van der Waals surface area contributed by atoms with E-state index in [1.165, 1.54) is 0 Å². The summed E-state index contributed by atoms with van der Waals surface area (Å²) in [7, 11) is 0. The van der Waals surface area contributed by atoms with Gasteiger partial charge in [-0.25, -0.2) is 4.79 Å². The van der Waals surface area contributed by atoms with Crippen molar-refractivity contribution in [2.24, 2.45) is 0 Å². The first-order chi connectivity index (χ1) is 13.0. The summed E-state index contributed by atoms with van der Waals surface area (Å²) in [4.78, 5) is 37.4. The van der Waals surface area contributed by atoms with Crippen molar-refractivity contribution in [3.05, 3.63) is 71.3 Å². The Morgan fingerprint density at radius 3 is 2.33 bits per heavy atom. The predicted octanol–water partition coefficient (Wildman–Crippen LogP) is 2.23. The summed E-state index contributed by atoms with van der Waals surface area (Å²) in [5, 5.41) is 12.0. The van der Waals surface area contributed by atoms with Crippen LogP contribution in [-0.2, 0) is 22.6 Å². The van der Waals surface area contributed by atoms with Crippen LogP contribution in [0, 0.1) is 0 Å². The lowest BCUT2D eigenvalue weighted by Gasteiger charge is -2.16. The van der Waals surface area contributed by atoms with Crippen molar-refractivity contribution >= 4 is 17.8 Å². The average molecular weight is 366 g/mol. The molecule has 0 aromatic heterocycles. The van der Waals surface area contributed by atoms with Gasteiger partial charge in [-0.05, 0) is 29.7 Å². The number of nitrogens with one attached hydrogen (secondary N) is 1. The Balaban J connectivity index is 1.62. The Morgan fingerprint density at radius 1 is 1.04 bits per heavy atom. The number of rotatable bonds is 7. The molecule has 140 valence electrons. The Bertz CT molecular complexity index is 818. The number of carbonyl (C=O) groups excluding carboxylic acids is 2. The van der Waals surface area contributed by atoms with Crippen LogP contribution in [0.2, 0.25) is 0 Å². The first kappa shape index (κ1) is 18.6. The van der Waals surface area contributed by atoms with E-state index in [-0.39, 0.29) is 12.3 Å². The molecule has 2 amide bonds. The Kier molecular flexibility index (Phi) is 5.86. The Labute approximate surface area is 157 Å². The van der Waals surface area contributed by atoms with E-state index in [1.807, 2.05) is 30.3 Å². The quantitative estimate of drug-likeness (QED) is 0.787. The van der Waals surface area contributed by atoms with Crippen LogP contribution in [0.3, 0.4) is 0 Å². The zero-order chi connectivity index (χ0) is 19.2. The maximum Gasteiger partial charge on any atom is 0.326 e. The van der Waals surface area contributed by atoms with E-state index < -0.39 is 17.9 Å². The third-order valence-electron chi connectivity index (χ3n) is 4.65. The molecule has 6 heteroatoms. The topological polar surface area (TPSA) is 86.7 Å². The van der Waals surface area contributed by atoms with Crippen LogP contribution in [0.4, 0.5) is 0 Å². The fourth-order valence-electron chi connectivity index (χ4n) is 3.14. The second kappa shape index (κ2) is 8.49. The molecule has 0 saturated carbocycles. The summed E-state index contributed by atoms with van der Waals surface area (Å²) < 4.78 is 0. The molecule has 0 aliphatic carbocycles. The van der Waals surface area contributed by atoms with Crippen molar-refractivity contribution in [3.8, 4) is 0 Å². The predicted molar refractivity (Wildman–Crippen MR) is 100 cm³/mol. The average Bonchev–Trinajstić information content (AvgIpc) is 3.07. The van der Waals surface area contributed by atoms with Crippen LogP contribution in [-0.4, -0.2) is 40.4 Å². The summed E-state index contributed by atoms with van der Waals surface area (Å²) in [6.07, 6.45) is 1.70. The van der Waals surface area contributed by atoms with E-state index in [0.29, 0.717) is 18.5 Å². The van der Waals surface area contributed by atoms with Crippen LogP contribution in [0.25, 0.3) is 0 Å². The number of carboxylic acids is 1. The third kappa shape index (κ3) is 4.94. The molecule has 2 N–H and O–H groups in total. The zero-order valence-corrected chi connectivity index (χ0v) is 14.9. The number of hydrogen-bond acceptors (Lipinski definition) is 3. The minimum absolute atomic E-state index is 0.155. The number of amides is 2. The molecule has 0 radical (unpaired) electrons. The van der Waals surface area contributed by atoms with Gasteiger partial charge in [0, 0.05) is 31.5 Å². The van der Waals surface area contributed by atoms with Gasteiger partial charge in [0.05, 0.1) is 0 Å². The smallest absolute Gasteiger partial charge is 0.326 e. The largest absolute Gasteiger partial charge is 0.480 e. The van der Waals surface area contributed by atoms with Gasteiger partial charge in [-0.2, -0.15) is 0 Å². The Morgan fingerprint density at radius 2 is 1.74 bits per heavy atom. The van der Waals surface area contributed by atoms with E-state index >= 15 is 0 Å². The lowest BCUT2D eigenvalue weighted by molar-refractivity contribution is -0.139. The molecule has 1 heterocycles. The molecular formula is C21H22N2O4. The molecule has 1 fully saturated rings. The second-order valence-electron chi connectivity index (χ2n) is 6.67. The van der Waals surface area contributed by atoms with Gasteiger partial charge in [0.2, 0.25) is 5.91 Å². The van der Waals surface area contributed by atoms with Crippen molar-refractivity contribution in [3.63, 3.8) is 0 Å². The molecule has 1 aliphatic heterocycles. The minimum Gasteiger partial charge on any atom is -0.480 e. The summed E-state index contributed by atoms with van der Waals surface area (Å²) in [6, 6.07) is 15.1. The highest BCUT2D eigenvalue weighted by molar-refractivity contribution is 5.96. The molecule has 2 aromatic rings. The first-order valence-electron chi connectivity index (χ1n) is 8.97. The fourth-order valence-corrected chi connectivity index (χ4v) is 3.14. The highest BCUT2D eigenvalue weighted by atomic mass is 16.4. The third-order valence-corrected chi connectivity index (χ3v) is 4.65. The number of likely N-dealkylation sites (tertiary alicyclic amines) is 1. The zero-order valence-electron chi connectivity index (χ0n) is 14.9. The van der Waals surface area contributed by atoms with Crippen molar-refractivity contribution in [1.82, 2.24) is 10.2 Å². The Hall–Kier alpha value is -3.15. The van der Waals surface area contributed by atoms with Crippen LogP contribution in [0.15, 0.2) is 54.6 Å². The number of hydrogen-bond donors (Lipinski definition) is 2. The molecule has 27 heavy (non-hydrogen) atoms. The van der Waals surface area contributed by atoms with Gasteiger partial charge < -0.3 is 15.3 Å². The van der Waals surface area contributed by atoms with Gasteiger partial charge in [0.25, 0.3) is 5.91 Å². The van der Waals surface area contributed by atoms with E-state index in [2.05, 4.69) is 5.32 Å². The summed E-state index contributed by atoms with van der Waals surface area (Å²) in [6.45, 7) is 1.30. The monoisotopic (exact) mass is 366 g/mol. The SMILES string of the molecule is O=C(N[C@@H](Cc1ccccc1)C(=O)O)c1ccc(CN2CCCC2=O)cc1. The molecule has 1 saturated heterocycles. The van der Waals surface area contributed by atoms with Crippen molar-refractivity contribution in [1.29, 1.82) is 0 Å². The molecule has 2 aromatic carbocycles. The number of aliphatic carboxylic acids is 1. The molecule has 3 rings (SSSR count). The van der Waals surface area contributed by atoms with Gasteiger partial charge in [-0.3, -0.25) is 9.59 Å². The van der Waals surface area contributed by atoms with E-state index in [4.69, 9.17) is 0 Å². The number of carbonyl (C=O) groups is 3. The van der Waals surface area contributed by atoms with Crippen LogP contribution in [0.5, 0.6) is 0 Å². The van der Waals surface area contributed by atoms with Gasteiger partial charge in [0.15, 0.2) is 0 Å². The standard InChI is InChI=1S/C21H22N2O4/c24-19-7-4-12-23(19)14-16-8-10-17(11-9-16)20(25)22-18(21(26)27)13-15-5-2-1-3-6-15/h1-3,5-6,8-11,18H,4,7,12-14H2,(H,22,25)(H,26,27)/t18-/m0/s1. The maximum atomic E-state index is 12.4. The lowest BCUT2D eigenvalue weighted by Crippen LogP contribution is -2.42. The van der Waals surface area contributed by atoms with Crippen LogP contribution < -0.4 is 5.32 Å². The molecule has 0 spiro atoms. The first-order valence-corrected chi connectivity index (χ1v) is 8.97. The normalized spacial score (nSPS) is 14.8. The van der Waals surface area contributed by atoms with Crippen LogP contribution >= 0.6 is 0 Å². The number of benzene rings is 2. The van der Waals surface area contributed by atoms with Crippen molar-refractivity contribution in [2.45, 2.75) is 31.8 Å². The van der Waals surface area contributed by atoms with Gasteiger partial charge in [-0.15, -0.1) is 0 Å². The van der Waals surface area contributed by atoms with Crippen molar-refractivity contribution < 1.29 is 19.5 Å². The maximum absolute atomic E-state index is 12.4. The summed E-state index contributed by atoms with van der Waals surface area (Å²) >= 11 is 0. The molecule has 6 nitrogen and oxygen atoms in total. The highest BCUT2D eigenvalue weighted by Crippen LogP contribution is 2.15. The number of nitrogens with zero attached hydrogens (tertiary/aromatic N) is 1. The fraction of sp³-hybridized carbons (Fsp3) is 0.286. The van der Waals surface area contributed by atoms with Crippen molar-refractivity contribution in [2.75, 3.05) is 6.54 Å². The molecule has 0 bridgehead atoms. The van der Waals surface area contributed by atoms with Gasteiger partial charge in [-0.1, -0.05) is 42.5 Å². The van der Waals surface area contributed by atoms with Gasteiger partial charge in [0.1, 0.15) is 6.04 Å². The highest BCUT2D eigenvalue weighted by Gasteiger charge is 2.22. The summed E-state index contributed by atoms with van der Waals surface area (Å²) in [5.41, 5.74) is 2.18. The lowest BCUT2D eigenvalue weighted by atomic mass is 10.1. The van der Waals surface area contributed by atoms with Gasteiger partial charge >= 0.3 is 5.97 Å². The van der Waals surface area contributed by atoms with E-state index in [1.54, 1.807) is 29.2 Å². The van der Waals surface area contributed by atoms with E-state index in [9.17, 15) is 19.5 Å². The van der Waals surface area contributed by atoms with Crippen LogP contribution in [0.1, 0.15) is 34.3 Å². The minimum atomic E-state index is -1.07. The summed E-state index contributed by atoms with van der Waals surface area (Å²) in [5.74, 6) is -1.35. The molecule has 1 atom stereocenters. The molecule has 1 aliphatic rings. The number of carboxylic acid groups (broad SMARTS) is 1. The second-order valence-corrected chi connectivity index (χ2v) is 6.67.